The Bertz CT molecular complexity index is 424. The maximum absolute atomic E-state index is 11.3. The number of benzene rings is 1. The number of hydrogen-bond donors (Lipinski definition) is 1. The molecule has 86 valence electrons. The first-order valence-electron chi connectivity index (χ1n) is 5.37. The molecule has 1 rings (SSSR count). The first-order chi connectivity index (χ1) is 7.60. The van der Waals surface area contributed by atoms with Gasteiger partial charge in [-0.05, 0) is 36.1 Å². The summed E-state index contributed by atoms with van der Waals surface area (Å²) < 4.78 is 0. The van der Waals surface area contributed by atoms with Gasteiger partial charge in [-0.3, -0.25) is 4.79 Å². The molecule has 0 spiro atoms. The SMILES string of the molecule is CCC(C(N)=O)=C(CC)c1cccc(Cl)c1. The second-order valence-corrected chi connectivity index (χ2v) is 3.98. The van der Waals surface area contributed by atoms with E-state index in [-0.39, 0.29) is 5.91 Å². The van der Waals surface area contributed by atoms with E-state index < -0.39 is 0 Å². The molecule has 0 bridgehead atoms. The molecule has 16 heavy (non-hydrogen) atoms. The van der Waals surface area contributed by atoms with Crippen molar-refractivity contribution >= 4 is 23.1 Å². The van der Waals surface area contributed by atoms with Crippen LogP contribution in [0.3, 0.4) is 0 Å². The number of halogens is 1. The summed E-state index contributed by atoms with van der Waals surface area (Å²) in [5, 5.41) is 0.670. The fourth-order valence-electron chi connectivity index (χ4n) is 1.80. The second kappa shape index (κ2) is 5.71. The molecule has 2 nitrogen and oxygen atoms in total. The molecule has 0 aliphatic carbocycles. The highest BCUT2D eigenvalue weighted by molar-refractivity contribution is 6.30. The van der Waals surface area contributed by atoms with Crippen LogP contribution in [0.15, 0.2) is 29.8 Å². The molecule has 0 atom stereocenters. The number of allylic oxidation sites excluding steroid dienone is 1. The van der Waals surface area contributed by atoms with Gasteiger partial charge in [-0.1, -0.05) is 37.6 Å². The smallest absolute Gasteiger partial charge is 0.244 e. The van der Waals surface area contributed by atoms with Crippen LogP contribution < -0.4 is 5.73 Å². The van der Waals surface area contributed by atoms with Gasteiger partial charge in [-0.2, -0.15) is 0 Å². The van der Waals surface area contributed by atoms with Gasteiger partial charge in [-0.15, -0.1) is 0 Å². The Morgan fingerprint density at radius 3 is 2.44 bits per heavy atom. The molecule has 0 unspecified atom stereocenters. The molecule has 0 fully saturated rings. The number of hydrogen-bond acceptors (Lipinski definition) is 1. The first-order valence-corrected chi connectivity index (χ1v) is 5.75. The predicted molar refractivity (Wildman–Crippen MR) is 68.1 cm³/mol. The van der Waals surface area contributed by atoms with Crippen molar-refractivity contribution in [3.05, 3.63) is 40.4 Å². The van der Waals surface area contributed by atoms with E-state index in [0.29, 0.717) is 17.0 Å². The van der Waals surface area contributed by atoms with Crippen molar-refractivity contribution < 1.29 is 4.79 Å². The fraction of sp³-hybridized carbons (Fsp3) is 0.308. The van der Waals surface area contributed by atoms with E-state index in [4.69, 9.17) is 17.3 Å². The maximum atomic E-state index is 11.3. The Morgan fingerprint density at radius 1 is 1.31 bits per heavy atom. The van der Waals surface area contributed by atoms with Gasteiger partial charge in [0.2, 0.25) is 5.91 Å². The van der Waals surface area contributed by atoms with Crippen LogP contribution in [-0.2, 0) is 4.79 Å². The largest absolute Gasteiger partial charge is 0.366 e. The highest BCUT2D eigenvalue weighted by Gasteiger charge is 2.11. The zero-order valence-corrected chi connectivity index (χ0v) is 10.3. The van der Waals surface area contributed by atoms with E-state index in [1.165, 1.54) is 0 Å². The van der Waals surface area contributed by atoms with Crippen molar-refractivity contribution in [1.29, 1.82) is 0 Å². The lowest BCUT2D eigenvalue weighted by atomic mass is 9.96. The number of nitrogens with two attached hydrogens (primary N) is 1. The van der Waals surface area contributed by atoms with Crippen LogP contribution in [0.2, 0.25) is 5.02 Å². The Balaban J connectivity index is 3.30. The Hall–Kier alpha value is -1.28. The molecule has 1 amide bonds. The molecule has 3 heteroatoms. The summed E-state index contributed by atoms with van der Waals surface area (Å²) >= 11 is 5.93. The molecule has 0 saturated carbocycles. The number of primary amides is 1. The van der Waals surface area contributed by atoms with E-state index in [2.05, 4.69) is 0 Å². The van der Waals surface area contributed by atoms with Crippen molar-refractivity contribution in [2.24, 2.45) is 5.73 Å². The van der Waals surface area contributed by atoms with Gasteiger partial charge in [0.25, 0.3) is 0 Å². The maximum Gasteiger partial charge on any atom is 0.244 e. The Morgan fingerprint density at radius 2 is 2.00 bits per heavy atom. The van der Waals surface area contributed by atoms with Gasteiger partial charge in [0.15, 0.2) is 0 Å². The van der Waals surface area contributed by atoms with E-state index >= 15 is 0 Å². The van der Waals surface area contributed by atoms with Crippen molar-refractivity contribution in [1.82, 2.24) is 0 Å². The number of amides is 1. The van der Waals surface area contributed by atoms with Gasteiger partial charge < -0.3 is 5.73 Å². The van der Waals surface area contributed by atoms with E-state index in [9.17, 15) is 4.79 Å². The zero-order valence-electron chi connectivity index (χ0n) is 9.59. The van der Waals surface area contributed by atoms with Crippen LogP contribution in [-0.4, -0.2) is 5.91 Å². The lowest BCUT2D eigenvalue weighted by Gasteiger charge is -2.10. The second-order valence-electron chi connectivity index (χ2n) is 3.54. The third-order valence-electron chi connectivity index (χ3n) is 2.54. The fourth-order valence-corrected chi connectivity index (χ4v) is 1.99. The summed E-state index contributed by atoms with van der Waals surface area (Å²) in [6, 6.07) is 7.50. The molecule has 2 N–H and O–H groups in total. The van der Waals surface area contributed by atoms with Crippen molar-refractivity contribution in [2.75, 3.05) is 0 Å². The van der Waals surface area contributed by atoms with Crippen LogP contribution in [0.25, 0.3) is 5.57 Å². The molecule has 0 aliphatic rings. The molecule has 1 aromatic rings. The summed E-state index contributed by atoms with van der Waals surface area (Å²) in [4.78, 5) is 11.3. The van der Waals surface area contributed by atoms with Crippen LogP contribution in [0.1, 0.15) is 32.3 Å². The zero-order chi connectivity index (χ0) is 12.1. The average molecular weight is 238 g/mol. The summed E-state index contributed by atoms with van der Waals surface area (Å²) in [6.07, 6.45) is 1.41. The molecule has 1 aromatic carbocycles. The van der Waals surface area contributed by atoms with Crippen LogP contribution >= 0.6 is 11.6 Å². The Kier molecular flexibility index (Phi) is 4.56. The van der Waals surface area contributed by atoms with Crippen molar-refractivity contribution in [2.45, 2.75) is 26.7 Å². The first kappa shape index (κ1) is 12.8. The van der Waals surface area contributed by atoms with Gasteiger partial charge in [0, 0.05) is 10.6 Å². The number of carbonyl (C=O) groups is 1. The van der Waals surface area contributed by atoms with E-state index in [1.54, 1.807) is 0 Å². The highest BCUT2D eigenvalue weighted by atomic mass is 35.5. The van der Waals surface area contributed by atoms with Gasteiger partial charge in [-0.25, -0.2) is 0 Å². The molecule has 0 heterocycles. The van der Waals surface area contributed by atoms with Crippen LogP contribution in [0.4, 0.5) is 0 Å². The minimum Gasteiger partial charge on any atom is -0.366 e. The third-order valence-corrected chi connectivity index (χ3v) is 2.78. The Labute approximate surface area is 101 Å². The number of rotatable bonds is 4. The quantitative estimate of drug-likeness (QED) is 0.802. The average Bonchev–Trinajstić information content (AvgIpc) is 2.25. The minimum atomic E-state index is -0.348. The third kappa shape index (κ3) is 2.86. The van der Waals surface area contributed by atoms with Crippen LogP contribution in [0, 0.1) is 0 Å². The molecule has 0 radical (unpaired) electrons. The van der Waals surface area contributed by atoms with Crippen molar-refractivity contribution in [3.8, 4) is 0 Å². The minimum absolute atomic E-state index is 0.348. The van der Waals surface area contributed by atoms with Crippen molar-refractivity contribution in [3.63, 3.8) is 0 Å². The van der Waals surface area contributed by atoms with E-state index in [1.807, 2.05) is 38.1 Å². The molecular weight excluding hydrogens is 222 g/mol. The highest BCUT2D eigenvalue weighted by Crippen LogP contribution is 2.26. The van der Waals surface area contributed by atoms with E-state index in [0.717, 1.165) is 17.6 Å². The van der Waals surface area contributed by atoms with Gasteiger partial charge in [0.1, 0.15) is 0 Å². The predicted octanol–water partition coefficient (Wildman–Crippen LogP) is 3.40. The monoisotopic (exact) mass is 237 g/mol. The van der Waals surface area contributed by atoms with Gasteiger partial charge in [0.05, 0.1) is 0 Å². The van der Waals surface area contributed by atoms with Crippen LogP contribution in [0.5, 0.6) is 0 Å². The normalized spacial score (nSPS) is 12.2. The molecule has 0 aromatic heterocycles. The summed E-state index contributed by atoms with van der Waals surface area (Å²) in [5.74, 6) is -0.348. The topological polar surface area (TPSA) is 43.1 Å². The van der Waals surface area contributed by atoms with Gasteiger partial charge >= 0.3 is 0 Å². The summed E-state index contributed by atoms with van der Waals surface area (Å²) in [6.45, 7) is 3.94. The lowest BCUT2D eigenvalue weighted by Crippen LogP contribution is -2.15. The molecule has 0 aliphatic heterocycles. The number of carbonyl (C=O) groups excluding carboxylic acids is 1. The summed E-state index contributed by atoms with van der Waals surface area (Å²) in [5.41, 5.74) is 8.02. The standard InChI is InChI=1S/C13H16ClNO/c1-3-11(12(4-2)13(15)16)9-6-5-7-10(14)8-9/h5-8H,3-4H2,1-2H3,(H2,15,16). The molecule has 0 saturated heterocycles. The molecular formula is C13H16ClNO. The summed E-state index contributed by atoms with van der Waals surface area (Å²) in [7, 11) is 0. The lowest BCUT2D eigenvalue weighted by molar-refractivity contribution is -0.114.